The number of nitrogens with one attached hydrogen (secondary N) is 1. The lowest BCUT2D eigenvalue weighted by Crippen LogP contribution is -2.41. The van der Waals surface area contributed by atoms with Gasteiger partial charge < -0.3 is 15.2 Å². The minimum atomic E-state index is -0.355. The molecule has 2 aliphatic rings. The fraction of sp³-hybridized carbons (Fsp3) is 1.00. The largest absolute Gasteiger partial charge is 0.389 e. The molecule has 0 bridgehead atoms. The highest BCUT2D eigenvalue weighted by molar-refractivity contribution is 4.82. The van der Waals surface area contributed by atoms with E-state index >= 15 is 0 Å². The summed E-state index contributed by atoms with van der Waals surface area (Å²) in [4.78, 5) is 0. The van der Waals surface area contributed by atoms with Gasteiger partial charge in [-0.2, -0.15) is 0 Å². The van der Waals surface area contributed by atoms with Crippen LogP contribution in [0.4, 0.5) is 0 Å². The molecule has 0 spiro atoms. The van der Waals surface area contributed by atoms with Gasteiger partial charge in [-0.3, -0.25) is 0 Å². The van der Waals surface area contributed by atoms with Crippen LogP contribution in [0.1, 0.15) is 71.6 Å². The molecule has 2 N–H and O–H groups in total. The number of aliphatic hydroxyl groups is 1. The summed E-state index contributed by atoms with van der Waals surface area (Å²) in [6.45, 7) is 5.89. The van der Waals surface area contributed by atoms with Crippen LogP contribution in [0.3, 0.4) is 0 Å². The average molecular weight is 283 g/mol. The molecule has 2 saturated carbocycles. The summed E-state index contributed by atoms with van der Waals surface area (Å²) >= 11 is 0. The van der Waals surface area contributed by atoms with Crippen molar-refractivity contribution < 1.29 is 9.84 Å². The average Bonchev–Trinajstić information content (AvgIpc) is 2.45. The molecule has 3 heteroatoms. The Morgan fingerprint density at radius 1 is 1.10 bits per heavy atom. The zero-order valence-electron chi connectivity index (χ0n) is 13.4. The molecule has 0 amide bonds. The Morgan fingerprint density at radius 2 is 1.75 bits per heavy atom. The lowest BCUT2D eigenvalue weighted by Gasteiger charge is -2.35. The van der Waals surface area contributed by atoms with Crippen LogP contribution in [-0.2, 0) is 4.74 Å². The first-order chi connectivity index (χ1) is 9.55. The monoisotopic (exact) mass is 283 g/mol. The smallest absolute Gasteiger partial charge is 0.0897 e. The second-order valence-electron chi connectivity index (χ2n) is 7.59. The fourth-order valence-corrected chi connectivity index (χ4v) is 3.44. The summed E-state index contributed by atoms with van der Waals surface area (Å²) in [5.74, 6) is 0. The van der Waals surface area contributed by atoms with Crippen molar-refractivity contribution in [1.29, 1.82) is 0 Å². The molecule has 2 aliphatic carbocycles. The van der Waals surface area contributed by atoms with E-state index < -0.39 is 0 Å². The maximum atomic E-state index is 10.0. The van der Waals surface area contributed by atoms with Crippen LogP contribution in [0.2, 0.25) is 0 Å². The maximum Gasteiger partial charge on any atom is 0.0897 e. The van der Waals surface area contributed by atoms with Gasteiger partial charge in [-0.05, 0) is 43.9 Å². The highest BCUT2D eigenvalue weighted by Gasteiger charge is 2.26. The molecule has 1 unspecified atom stereocenters. The van der Waals surface area contributed by atoms with E-state index in [0.717, 1.165) is 0 Å². The normalized spacial score (nSPS) is 26.6. The van der Waals surface area contributed by atoms with Crippen LogP contribution >= 0.6 is 0 Å². The predicted octanol–water partition coefficient (Wildman–Crippen LogP) is 3.26. The number of hydrogen-bond acceptors (Lipinski definition) is 3. The van der Waals surface area contributed by atoms with Gasteiger partial charge in [0.05, 0.1) is 18.8 Å². The Hall–Kier alpha value is -0.120. The molecule has 0 saturated heterocycles. The molecular weight excluding hydrogens is 250 g/mol. The lowest BCUT2D eigenvalue weighted by molar-refractivity contribution is -0.0241. The minimum Gasteiger partial charge on any atom is -0.389 e. The molecule has 0 aromatic carbocycles. The first-order valence-electron chi connectivity index (χ1n) is 8.58. The molecule has 20 heavy (non-hydrogen) atoms. The van der Waals surface area contributed by atoms with Gasteiger partial charge in [-0.1, -0.05) is 33.1 Å². The van der Waals surface area contributed by atoms with Crippen LogP contribution in [0.25, 0.3) is 0 Å². The third-order valence-electron chi connectivity index (χ3n) is 5.06. The van der Waals surface area contributed by atoms with Gasteiger partial charge in [0.25, 0.3) is 0 Å². The van der Waals surface area contributed by atoms with Gasteiger partial charge in [0.1, 0.15) is 0 Å². The zero-order valence-corrected chi connectivity index (χ0v) is 13.4. The van der Waals surface area contributed by atoms with E-state index in [1.165, 1.54) is 57.8 Å². The van der Waals surface area contributed by atoms with Crippen molar-refractivity contribution in [3.8, 4) is 0 Å². The Balaban J connectivity index is 1.54. The summed E-state index contributed by atoms with van der Waals surface area (Å²) in [7, 11) is 0. The van der Waals surface area contributed by atoms with E-state index in [1.54, 1.807) is 0 Å². The van der Waals surface area contributed by atoms with Crippen LogP contribution < -0.4 is 5.32 Å². The van der Waals surface area contributed by atoms with E-state index in [0.29, 0.717) is 30.7 Å². The van der Waals surface area contributed by atoms with Crippen molar-refractivity contribution in [2.24, 2.45) is 5.41 Å². The number of aliphatic hydroxyl groups excluding tert-OH is 1. The molecule has 0 aliphatic heterocycles. The Bertz CT molecular complexity index is 264. The van der Waals surface area contributed by atoms with Crippen molar-refractivity contribution in [3.63, 3.8) is 0 Å². The summed E-state index contributed by atoms with van der Waals surface area (Å²) in [5, 5.41) is 13.5. The van der Waals surface area contributed by atoms with Gasteiger partial charge in [0, 0.05) is 12.6 Å². The molecule has 2 fully saturated rings. The standard InChI is InChI=1S/C17H33NO2/c1-17(2)10-8-14(9-11-17)18-12-15(19)13-20-16-6-4-3-5-7-16/h14-16,18-19H,3-13H2,1-2H3. The van der Waals surface area contributed by atoms with Crippen LogP contribution in [0, 0.1) is 5.41 Å². The zero-order chi connectivity index (χ0) is 14.4. The highest BCUT2D eigenvalue weighted by Crippen LogP contribution is 2.34. The number of rotatable bonds is 6. The summed E-state index contributed by atoms with van der Waals surface area (Å²) in [6.07, 6.45) is 11.4. The second kappa shape index (κ2) is 7.77. The molecule has 3 nitrogen and oxygen atoms in total. The third-order valence-corrected chi connectivity index (χ3v) is 5.06. The van der Waals surface area contributed by atoms with E-state index in [1.807, 2.05) is 0 Å². The van der Waals surface area contributed by atoms with E-state index in [-0.39, 0.29) is 6.10 Å². The van der Waals surface area contributed by atoms with E-state index in [4.69, 9.17) is 4.74 Å². The van der Waals surface area contributed by atoms with Crippen molar-refractivity contribution in [1.82, 2.24) is 5.32 Å². The minimum absolute atomic E-state index is 0.355. The molecule has 1 atom stereocenters. The molecule has 0 aromatic heterocycles. The van der Waals surface area contributed by atoms with Gasteiger partial charge in [-0.15, -0.1) is 0 Å². The van der Waals surface area contributed by atoms with Crippen molar-refractivity contribution in [2.75, 3.05) is 13.2 Å². The number of hydrogen-bond donors (Lipinski definition) is 2. The summed E-state index contributed by atoms with van der Waals surface area (Å²) in [6, 6.07) is 0.590. The highest BCUT2D eigenvalue weighted by atomic mass is 16.5. The van der Waals surface area contributed by atoms with Crippen LogP contribution in [-0.4, -0.2) is 36.5 Å². The SMILES string of the molecule is CC1(C)CCC(NCC(O)COC2CCCCC2)CC1. The van der Waals surface area contributed by atoms with Gasteiger partial charge in [0.15, 0.2) is 0 Å². The van der Waals surface area contributed by atoms with Crippen LogP contribution in [0.5, 0.6) is 0 Å². The van der Waals surface area contributed by atoms with Crippen LogP contribution in [0.15, 0.2) is 0 Å². The van der Waals surface area contributed by atoms with Crippen molar-refractivity contribution >= 4 is 0 Å². The number of ether oxygens (including phenoxy) is 1. The fourth-order valence-electron chi connectivity index (χ4n) is 3.44. The Kier molecular flexibility index (Phi) is 6.31. The van der Waals surface area contributed by atoms with Gasteiger partial charge >= 0.3 is 0 Å². The maximum absolute atomic E-state index is 10.0. The van der Waals surface area contributed by atoms with Gasteiger partial charge in [0.2, 0.25) is 0 Å². The predicted molar refractivity (Wildman–Crippen MR) is 82.9 cm³/mol. The topological polar surface area (TPSA) is 41.5 Å². The van der Waals surface area contributed by atoms with Gasteiger partial charge in [-0.25, -0.2) is 0 Å². The second-order valence-corrected chi connectivity index (χ2v) is 7.59. The Morgan fingerprint density at radius 3 is 2.40 bits per heavy atom. The third kappa shape index (κ3) is 5.71. The molecule has 0 aromatic rings. The first kappa shape index (κ1) is 16.3. The quantitative estimate of drug-likeness (QED) is 0.786. The molecule has 0 radical (unpaired) electrons. The molecule has 118 valence electrons. The summed E-state index contributed by atoms with van der Waals surface area (Å²) < 4.78 is 5.83. The molecule has 2 rings (SSSR count). The molecule has 0 heterocycles. The first-order valence-corrected chi connectivity index (χ1v) is 8.58. The van der Waals surface area contributed by atoms with E-state index in [2.05, 4.69) is 19.2 Å². The van der Waals surface area contributed by atoms with Crippen molar-refractivity contribution in [2.45, 2.75) is 89.9 Å². The van der Waals surface area contributed by atoms with E-state index in [9.17, 15) is 5.11 Å². The molecular formula is C17H33NO2. The lowest BCUT2D eigenvalue weighted by atomic mass is 9.75. The summed E-state index contributed by atoms with van der Waals surface area (Å²) in [5.41, 5.74) is 0.515. The van der Waals surface area contributed by atoms with Crippen molar-refractivity contribution in [3.05, 3.63) is 0 Å². The Labute approximate surface area is 124 Å².